The van der Waals surface area contributed by atoms with E-state index in [0.717, 1.165) is 17.9 Å². The van der Waals surface area contributed by atoms with Crippen molar-refractivity contribution in [2.24, 2.45) is 0 Å². The molecule has 2 heterocycles. The van der Waals surface area contributed by atoms with Crippen LogP contribution in [0.4, 0.5) is 0 Å². The monoisotopic (exact) mass is 149 g/mol. The number of fused-ring (bicyclic) bond motifs is 1. The lowest BCUT2D eigenvalue weighted by atomic mass is 10.2. The predicted octanol–water partition coefficient (Wildman–Crippen LogP) is 1.71. The first kappa shape index (κ1) is 6.65. The third kappa shape index (κ3) is 0.985. The molecule has 2 rings (SSSR count). The SMILES string of the molecule is Cc1ccnc2c1OC(C)C2. The van der Waals surface area contributed by atoms with Gasteiger partial charge in [-0.1, -0.05) is 0 Å². The maximum atomic E-state index is 5.58. The zero-order valence-corrected chi connectivity index (χ0v) is 6.79. The molecule has 1 atom stereocenters. The molecule has 1 unspecified atom stereocenters. The van der Waals surface area contributed by atoms with Crippen molar-refractivity contribution in [3.8, 4) is 5.75 Å². The molecule has 58 valence electrons. The summed E-state index contributed by atoms with van der Waals surface area (Å²) < 4.78 is 5.58. The van der Waals surface area contributed by atoms with E-state index < -0.39 is 0 Å². The summed E-state index contributed by atoms with van der Waals surface area (Å²) >= 11 is 0. The minimum absolute atomic E-state index is 0.304. The van der Waals surface area contributed by atoms with Crippen LogP contribution in [0, 0.1) is 6.92 Å². The van der Waals surface area contributed by atoms with E-state index in [9.17, 15) is 0 Å². The van der Waals surface area contributed by atoms with Crippen molar-refractivity contribution in [1.82, 2.24) is 4.98 Å². The summed E-state index contributed by atoms with van der Waals surface area (Å²) in [7, 11) is 0. The Morgan fingerprint density at radius 2 is 2.45 bits per heavy atom. The molecular weight excluding hydrogens is 138 g/mol. The number of ether oxygens (including phenoxy) is 1. The molecule has 2 heteroatoms. The fourth-order valence-corrected chi connectivity index (χ4v) is 1.42. The number of nitrogens with zero attached hydrogens (tertiary/aromatic N) is 1. The lowest BCUT2D eigenvalue weighted by Crippen LogP contribution is -2.05. The highest BCUT2D eigenvalue weighted by Gasteiger charge is 2.21. The van der Waals surface area contributed by atoms with Gasteiger partial charge in [0.05, 0.1) is 5.69 Å². The fourth-order valence-electron chi connectivity index (χ4n) is 1.42. The van der Waals surface area contributed by atoms with Crippen molar-refractivity contribution in [1.29, 1.82) is 0 Å². The van der Waals surface area contributed by atoms with Crippen LogP contribution in [-0.2, 0) is 6.42 Å². The lowest BCUT2D eigenvalue weighted by molar-refractivity contribution is 0.253. The average Bonchev–Trinajstić information content (AvgIpc) is 2.31. The third-order valence-electron chi connectivity index (χ3n) is 1.98. The molecule has 0 fully saturated rings. The third-order valence-corrected chi connectivity index (χ3v) is 1.98. The highest BCUT2D eigenvalue weighted by atomic mass is 16.5. The molecule has 0 radical (unpaired) electrons. The molecule has 0 N–H and O–H groups in total. The minimum atomic E-state index is 0.304. The summed E-state index contributed by atoms with van der Waals surface area (Å²) in [5.74, 6) is 1.00. The molecule has 1 aliphatic rings. The van der Waals surface area contributed by atoms with Gasteiger partial charge < -0.3 is 4.74 Å². The first-order valence-corrected chi connectivity index (χ1v) is 3.88. The highest BCUT2D eigenvalue weighted by Crippen LogP contribution is 2.29. The minimum Gasteiger partial charge on any atom is -0.488 e. The number of aryl methyl sites for hydroxylation is 1. The van der Waals surface area contributed by atoms with Crippen molar-refractivity contribution >= 4 is 0 Å². The Hall–Kier alpha value is -1.05. The summed E-state index contributed by atoms with van der Waals surface area (Å²) in [5.41, 5.74) is 2.30. The first-order valence-electron chi connectivity index (χ1n) is 3.88. The maximum absolute atomic E-state index is 5.58. The van der Waals surface area contributed by atoms with Gasteiger partial charge in [0.2, 0.25) is 0 Å². The van der Waals surface area contributed by atoms with E-state index in [1.165, 1.54) is 5.56 Å². The molecule has 0 saturated heterocycles. The van der Waals surface area contributed by atoms with Crippen molar-refractivity contribution in [2.45, 2.75) is 26.4 Å². The van der Waals surface area contributed by atoms with E-state index in [1.54, 1.807) is 0 Å². The van der Waals surface area contributed by atoms with E-state index >= 15 is 0 Å². The molecule has 1 aromatic rings. The Morgan fingerprint density at radius 3 is 3.18 bits per heavy atom. The van der Waals surface area contributed by atoms with Gasteiger partial charge in [0.1, 0.15) is 11.9 Å². The van der Waals surface area contributed by atoms with Crippen LogP contribution < -0.4 is 4.74 Å². The molecule has 0 saturated carbocycles. The topological polar surface area (TPSA) is 22.1 Å². The Labute approximate surface area is 66.2 Å². The molecule has 1 aromatic heterocycles. The maximum Gasteiger partial charge on any atom is 0.144 e. The Balaban J connectivity index is 2.49. The second-order valence-electron chi connectivity index (χ2n) is 3.04. The molecular formula is C9H11NO. The second kappa shape index (κ2) is 2.22. The van der Waals surface area contributed by atoms with Crippen molar-refractivity contribution in [3.63, 3.8) is 0 Å². The van der Waals surface area contributed by atoms with E-state index in [0.29, 0.717) is 6.10 Å². The van der Waals surface area contributed by atoms with E-state index in [4.69, 9.17) is 4.74 Å². The van der Waals surface area contributed by atoms with Crippen LogP contribution in [0.5, 0.6) is 5.75 Å². The van der Waals surface area contributed by atoms with E-state index in [2.05, 4.69) is 18.8 Å². The Bertz CT molecular complexity index is 283. The number of pyridine rings is 1. The number of rotatable bonds is 0. The number of hydrogen-bond donors (Lipinski definition) is 0. The van der Waals surface area contributed by atoms with Crippen LogP contribution >= 0.6 is 0 Å². The summed E-state index contributed by atoms with van der Waals surface area (Å²) in [6.07, 6.45) is 3.10. The molecule has 0 bridgehead atoms. The largest absolute Gasteiger partial charge is 0.488 e. The van der Waals surface area contributed by atoms with Crippen LogP contribution in [0.25, 0.3) is 0 Å². The molecule has 0 aromatic carbocycles. The molecule has 0 amide bonds. The van der Waals surface area contributed by atoms with Crippen LogP contribution in [0.3, 0.4) is 0 Å². The van der Waals surface area contributed by atoms with Crippen molar-refractivity contribution in [3.05, 3.63) is 23.5 Å². The van der Waals surface area contributed by atoms with Crippen LogP contribution in [0.1, 0.15) is 18.2 Å². The van der Waals surface area contributed by atoms with Gasteiger partial charge in [-0.25, -0.2) is 0 Å². The molecule has 0 aliphatic carbocycles. The molecule has 1 aliphatic heterocycles. The van der Waals surface area contributed by atoms with E-state index in [-0.39, 0.29) is 0 Å². The summed E-state index contributed by atoms with van der Waals surface area (Å²) in [6.45, 7) is 4.12. The first-order chi connectivity index (χ1) is 5.27. The number of aromatic nitrogens is 1. The van der Waals surface area contributed by atoms with Crippen LogP contribution in [0.15, 0.2) is 12.3 Å². The van der Waals surface area contributed by atoms with Gasteiger partial charge in [-0.3, -0.25) is 4.98 Å². The second-order valence-corrected chi connectivity index (χ2v) is 3.04. The lowest BCUT2D eigenvalue weighted by Gasteiger charge is -2.03. The fraction of sp³-hybridized carbons (Fsp3) is 0.444. The van der Waals surface area contributed by atoms with Crippen LogP contribution in [-0.4, -0.2) is 11.1 Å². The quantitative estimate of drug-likeness (QED) is 0.560. The normalized spacial score (nSPS) is 21.1. The predicted molar refractivity (Wildman–Crippen MR) is 42.8 cm³/mol. The highest BCUT2D eigenvalue weighted by molar-refractivity contribution is 5.38. The molecule has 0 spiro atoms. The van der Waals surface area contributed by atoms with Gasteiger partial charge in [-0.15, -0.1) is 0 Å². The zero-order chi connectivity index (χ0) is 7.84. The van der Waals surface area contributed by atoms with Gasteiger partial charge in [0.25, 0.3) is 0 Å². The van der Waals surface area contributed by atoms with Crippen LogP contribution in [0.2, 0.25) is 0 Å². The van der Waals surface area contributed by atoms with Gasteiger partial charge >= 0.3 is 0 Å². The van der Waals surface area contributed by atoms with Gasteiger partial charge in [0, 0.05) is 12.6 Å². The van der Waals surface area contributed by atoms with E-state index in [1.807, 2.05) is 12.3 Å². The molecule has 11 heavy (non-hydrogen) atoms. The van der Waals surface area contributed by atoms with Crippen molar-refractivity contribution in [2.75, 3.05) is 0 Å². The summed E-state index contributed by atoms with van der Waals surface area (Å²) in [5, 5.41) is 0. The number of hydrogen-bond acceptors (Lipinski definition) is 2. The van der Waals surface area contributed by atoms with Crippen molar-refractivity contribution < 1.29 is 4.74 Å². The standard InChI is InChI=1S/C9H11NO/c1-6-3-4-10-8-5-7(2)11-9(6)8/h3-4,7H,5H2,1-2H3. The van der Waals surface area contributed by atoms with Gasteiger partial charge in [-0.2, -0.15) is 0 Å². The van der Waals surface area contributed by atoms with Gasteiger partial charge in [-0.05, 0) is 25.5 Å². The van der Waals surface area contributed by atoms with Gasteiger partial charge in [0.15, 0.2) is 0 Å². The molecule has 2 nitrogen and oxygen atoms in total. The Morgan fingerprint density at radius 1 is 1.64 bits per heavy atom. The summed E-state index contributed by atoms with van der Waals surface area (Å²) in [4.78, 5) is 4.25. The summed E-state index contributed by atoms with van der Waals surface area (Å²) in [6, 6.07) is 1.98. The Kier molecular flexibility index (Phi) is 1.34. The zero-order valence-electron chi connectivity index (χ0n) is 6.79. The average molecular weight is 149 g/mol. The smallest absolute Gasteiger partial charge is 0.144 e.